The summed E-state index contributed by atoms with van der Waals surface area (Å²) in [5.41, 5.74) is 0. The van der Waals surface area contributed by atoms with E-state index in [0.29, 0.717) is 6.54 Å². The molecule has 2 nitrogen and oxygen atoms in total. The second kappa shape index (κ2) is 5.22. The van der Waals surface area contributed by atoms with Gasteiger partial charge in [-0.1, -0.05) is 6.08 Å². The van der Waals surface area contributed by atoms with Gasteiger partial charge in [0.05, 0.1) is 6.92 Å². The highest BCUT2D eigenvalue weighted by Gasteiger charge is 1.83. The Hall–Kier alpha value is -0.920. The molecule has 0 saturated heterocycles. The van der Waals surface area contributed by atoms with Gasteiger partial charge in [0, 0.05) is 13.5 Å². The van der Waals surface area contributed by atoms with Gasteiger partial charge in [0.2, 0.25) is 5.91 Å². The van der Waals surface area contributed by atoms with Crippen LogP contribution in [0.25, 0.3) is 0 Å². The molecule has 0 unspecified atom stereocenters. The van der Waals surface area contributed by atoms with Gasteiger partial charge in [-0.25, -0.2) is 0 Å². The van der Waals surface area contributed by atoms with Gasteiger partial charge in [-0.15, -0.1) is 0 Å². The van der Waals surface area contributed by atoms with E-state index < -0.39 is 0 Å². The Balaban J connectivity index is 3.09. The number of amides is 1. The molecule has 0 aliphatic rings. The molecule has 2 heteroatoms. The zero-order valence-electron chi connectivity index (χ0n) is 5.68. The second-order valence-electron chi connectivity index (χ2n) is 1.70. The Labute approximate surface area is 56.0 Å². The maximum atomic E-state index is 10.2. The maximum Gasteiger partial charge on any atom is 0.217 e. The Morgan fingerprint density at radius 2 is 2.33 bits per heavy atom. The van der Waals surface area contributed by atoms with Crippen molar-refractivity contribution < 1.29 is 4.79 Å². The van der Waals surface area contributed by atoms with Gasteiger partial charge in [0.15, 0.2) is 0 Å². The summed E-state index contributed by atoms with van der Waals surface area (Å²) in [5.74, 6) is 0.00344. The predicted molar refractivity (Wildman–Crippen MR) is 37.8 cm³/mol. The first-order valence-corrected chi connectivity index (χ1v) is 2.96. The van der Waals surface area contributed by atoms with Crippen molar-refractivity contribution in [1.29, 1.82) is 0 Å². The van der Waals surface area contributed by atoms with Crippen LogP contribution in [0.5, 0.6) is 0 Å². The van der Waals surface area contributed by atoms with Crippen LogP contribution in [0.2, 0.25) is 0 Å². The van der Waals surface area contributed by atoms with Gasteiger partial charge in [-0.05, 0) is 6.08 Å². The molecule has 0 aliphatic carbocycles. The normalized spacial score (nSPS) is 9.89. The van der Waals surface area contributed by atoms with Gasteiger partial charge < -0.3 is 5.32 Å². The molecule has 0 aliphatic heterocycles. The summed E-state index contributed by atoms with van der Waals surface area (Å²) < 4.78 is 0. The molecule has 50 valence electrons. The molecule has 0 radical (unpaired) electrons. The van der Waals surface area contributed by atoms with E-state index in [4.69, 9.17) is 0 Å². The molecular weight excluding hydrogens is 114 g/mol. The standard InChI is InChI=1S/C7H11NO/c1-3-4-5-6-8-7(2)9/h4-5H,1,3,6H2,2H3/p+1/b5-4-. The van der Waals surface area contributed by atoms with Crippen molar-refractivity contribution in [3.63, 3.8) is 0 Å². The van der Waals surface area contributed by atoms with E-state index in [-0.39, 0.29) is 5.91 Å². The van der Waals surface area contributed by atoms with E-state index in [2.05, 4.69) is 12.2 Å². The summed E-state index contributed by atoms with van der Waals surface area (Å²) in [6.07, 6.45) is 4.57. The van der Waals surface area contributed by atoms with Gasteiger partial charge >= 0.3 is 0 Å². The Bertz CT molecular complexity index is 107. The third-order valence-corrected chi connectivity index (χ3v) is 0.802. The van der Waals surface area contributed by atoms with Crippen molar-refractivity contribution in [3.05, 3.63) is 19.1 Å². The molecule has 1 amide bonds. The minimum absolute atomic E-state index is 0.00344. The number of hydrogen-bond acceptors (Lipinski definition) is 1. The first kappa shape index (κ1) is 8.08. The molecule has 0 atom stereocenters. The number of carbonyl (C=O) groups excluding carboxylic acids is 1. The number of allylic oxidation sites excluding steroid dienone is 1. The molecule has 0 aromatic heterocycles. The molecule has 0 aromatic carbocycles. The van der Waals surface area contributed by atoms with Crippen LogP contribution in [0.1, 0.15) is 13.3 Å². The van der Waals surface area contributed by atoms with Crippen LogP contribution in [0.3, 0.4) is 0 Å². The summed E-state index contributed by atoms with van der Waals surface area (Å²) in [6.45, 7) is 5.72. The monoisotopic (exact) mass is 126 g/mol. The molecule has 0 saturated carbocycles. The fourth-order valence-corrected chi connectivity index (χ4v) is 0.404. The van der Waals surface area contributed by atoms with Crippen LogP contribution in [0.4, 0.5) is 0 Å². The minimum atomic E-state index is 0.00344. The average Bonchev–Trinajstić information content (AvgIpc) is 1.80. The van der Waals surface area contributed by atoms with Crippen molar-refractivity contribution >= 4 is 5.91 Å². The lowest BCUT2D eigenvalue weighted by Crippen LogP contribution is -2.19. The van der Waals surface area contributed by atoms with Gasteiger partial charge in [0.1, 0.15) is 6.42 Å². The quantitative estimate of drug-likeness (QED) is 0.442. The van der Waals surface area contributed by atoms with Crippen molar-refractivity contribution in [1.82, 2.24) is 5.32 Å². The summed E-state index contributed by atoms with van der Waals surface area (Å²) in [5, 5.41) is 2.63. The summed E-state index contributed by atoms with van der Waals surface area (Å²) in [4.78, 5) is 10.2. The van der Waals surface area contributed by atoms with Crippen LogP contribution >= 0.6 is 0 Å². The summed E-state index contributed by atoms with van der Waals surface area (Å²) in [7, 11) is 0. The number of nitrogens with one attached hydrogen (secondary N) is 1. The van der Waals surface area contributed by atoms with Crippen LogP contribution in [0, 0.1) is 6.92 Å². The smallest absolute Gasteiger partial charge is 0.217 e. The van der Waals surface area contributed by atoms with Gasteiger partial charge in [-0.2, -0.15) is 0 Å². The largest absolute Gasteiger partial charge is 0.353 e. The van der Waals surface area contributed by atoms with Crippen molar-refractivity contribution in [3.8, 4) is 0 Å². The first-order chi connectivity index (χ1) is 4.27. The first-order valence-electron chi connectivity index (χ1n) is 2.96. The Kier molecular flexibility index (Phi) is 4.69. The summed E-state index contributed by atoms with van der Waals surface area (Å²) >= 11 is 0. The highest BCUT2D eigenvalue weighted by molar-refractivity contribution is 5.72. The summed E-state index contributed by atoms with van der Waals surface area (Å²) in [6, 6.07) is 0. The minimum Gasteiger partial charge on any atom is -0.353 e. The molecule has 0 spiro atoms. The lowest BCUT2D eigenvalue weighted by atomic mass is 10.4. The molecule has 0 bridgehead atoms. The lowest BCUT2D eigenvalue weighted by Gasteiger charge is -1.91. The third-order valence-electron chi connectivity index (χ3n) is 0.802. The van der Waals surface area contributed by atoms with Crippen molar-refractivity contribution in [2.45, 2.75) is 13.3 Å². The fourth-order valence-electron chi connectivity index (χ4n) is 0.404. The number of hydrogen-bond donors (Lipinski definition) is 1. The van der Waals surface area contributed by atoms with Crippen LogP contribution in [-0.2, 0) is 4.79 Å². The highest BCUT2D eigenvalue weighted by Crippen LogP contribution is 1.75. The second-order valence-corrected chi connectivity index (χ2v) is 1.70. The average molecular weight is 126 g/mol. The lowest BCUT2D eigenvalue weighted by molar-refractivity contribution is -0.118. The van der Waals surface area contributed by atoms with Gasteiger partial charge in [-0.3, -0.25) is 4.79 Å². The zero-order chi connectivity index (χ0) is 7.11. The molecule has 1 N–H and O–H groups in total. The molecular formula is C7H12NO+. The van der Waals surface area contributed by atoms with Crippen LogP contribution in [0.15, 0.2) is 12.2 Å². The molecule has 0 aromatic rings. The van der Waals surface area contributed by atoms with E-state index in [0.717, 1.165) is 6.42 Å². The predicted octanol–water partition coefficient (Wildman–Crippen LogP) is 0.903. The van der Waals surface area contributed by atoms with Crippen LogP contribution < -0.4 is 5.32 Å². The van der Waals surface area contributed by atoms with E-state index in [1.807, 2.05) is 12.2 Å². The zero-order valence-corrected chi connectivity index (χ0v) is 5.68. The Morgan fingerprint density at radius 3 is 2.78 bits per heavy atom. The van der Waals surface area contributed by atoms with Crippen LogP contribution in [-0.4, -0.2) is 12.5 Å². The Morgan fingerprint density at radius 1 is 1.67 bits per heavy atom. The highest BCUT2D eigenvalue weighted by atomic mass is 16.1. The van der Waals surface area contributed by atoms with E-state index in [1.54, 1.807) is 0 Å². The molecule has 0 heterocycles. The number of carbonyl (C=O) groups is 1. The van der Waals surface area contributed by atoms with E-state index in [9.17, 15) is 4.79 Å². The van der Waals surface area contributed by atoms with Gasteiger partial charge in [0.25, 0.3) is 0 Å². The maximum absolute atomic E-state index is 10.2. The van der Waals surface area contributed by atoms with Crippen molar-refractivity contribution in [2.24, 2.45) is 0 Å². The molecule has 0 fully saturated rings. The van der Waals surface area contributed by atoms with E-state index in [1.165, 1.54) is 6.92 Å². The van der Waals surface area contributed by atoms with E-state index >= 15 is 0 Å². The van der Waals surface area contributed by atoms with Crippen molar-refractivity contribution in [2.75, 3.05) is 6.54 Å². The topological polar surface area (TPSA) is 29.1 Å². The molecule has 0 rings (SSSR count). The SMILES string of the molecule is [CH2+]C/C=C\CNC(C)=O. The third kappa shape index (κ3) is 7.08. The fraction of sp³-hybridized carbons (Fsp3) is 0.429. The number of rotatable bonds is 3. The molecule has 9 heavy (non-hydrogen) atoms.